The molecule has 2 aromatic rings. The molecule has 0 aromatic heterocycles. The normalized spacial score (nSPS) is 11.1. The Morgan fingerprint density at radius 2 is 1.90 bits per heavy atom. The zero-order valence-electron chi connectivity index (χ0n) is 10.3. The molecule has 0 saturated heterocycles. The summed E-state index contributed by atoms with van der Waals surface area (Å²) in [5.74, 6) is -0.708. The van der Waals surface area contributed by atoms with Crippen LogP contribution in [0, 0.1) is 15.9 Å². The molecule has 0 unspecified atom stereocenters. The Kier molecular flexibility index (Phi) is 4.10. The molecule has 0 saturated carbocycles. The fourth-order valence-electron chi connectivity index (χ4n) is 1.56. The molecular formula is C12H8ClFN2O4S. The lowest BCUT2D eigenvalue weighted by Crippen LogP contribution is -2.13. The summed E-state index contributed by atoms with van der Waals surface area (Å²) in [6.07, 6.45) is 0. The first-order valence-corrected chi connectivity index (χ1v) is 7.38. The van der Waals surface area contributed by atoms with Gasteiger partial charge in [0.15, 0.2) is 0 Å². The number of anilines is 1. The zero-order chi connectivity index (χ0) is 15.6. The van der Waals surface area contributed by atoms with E-state index in [1.807, 2.05) is 0 Å². The molecule has 0 aliphatic rings. The Hall–Kier alpha value is -2.19. The number of benzene rings is 2. The smallest absolute Gasteiger partial charge is 0.279 e. The Morgan fingerprint density at radius 1 is 1.19 bits per heavy atom. The minimum Gasteiger partial charge on any atom is -0.279 e. The van der Waals surface area contributed by atoms with Crippen molar-refractivity contribution in [3.8, 4) is 0 Å². The van der Waals surface area contributed by atoms with Crippen LogP contribution in [0.2, 0.25) is 5.02 Å². The number of nitro groups is 1. The van der Waals surface area contributed by atoms with Gasteiger partial charge in [-0.25, -0.2) is 12.8 Å². The molecule has 0 fully saturated rings. The standard InChI is InChI=1S/C12H8ClFN2O4S/c13-11-5-4-9(7-12(11)16(17)18)15-21(19,20)10-3-1-2-8(14)6-10/h1-7,15H. The second-order valence-electron chi connectivity index (χ2n) is 3.99. The van der Waals surface area contributed by atoms with Crippen LogP contribution < -0.4 is 4.72 Å². The van der Waals surface area contributed by atoms with Gasteiger partial charge in [-0.3, -0.25) is 14.8 Å². The SMILES string of the molecule is O=[N+]([O-])c1cc(NS(=O)(=O)c2cccc(F)c2)ccc1Cl. The van der Waals surface area contributed by atoms with Crippen LogP contribution in [0.1, 0.15) is 0 Å². The van der Waals surface area contributed by atoms with Crippen molar-refractivity contribution in [3.63, 3.8) is 0 Å². The summed E-state index contributed by atoms with van der Waals surface area (Å²) in [5.41, 5.74) is -0.480. The van der Waals surface area contributed by atoms with Crippen molar-refractivity contribution in [2.24, 2.45) is 0 Å². The maximum Gasteiger partial charge on any atom is 0.289 e. The fourth-order valence-corrected chi connectivity index (χ4v) is 2.83. The number of hydrogen-bond donors (Lipinski definition) is 1. The number of nitro benzene ring substituents is 1. The summed E-state index contributed by atoms with van der Waals surface area (Å²) in [4.78, 5) is 9.72. The highest BCUT2D eigenvalue weighted by Gasteiger charge is 2.18. The molecule has 0 bridgehead atoms. The van der Waals surface area contributed by atoms with E-state index in [1.54, 1.807) is 0 Å². The van der Waals surface area contributed by atoms with Crippen LogP contribution in [-0.4, -0.2) is 13.3 Å². The van der Waals surface area contributed by atoms with E-state index in [0.29, 0.717) is 0 Å². The topological polar surface area (TPSA) is 89.3 Å². The van der Waals surface area contributed by atoms with Gasteiger partial charge in [-0.1, -0.05) is 17.7 Å². The highest BCUT2D eigenvalue weighted by atomic mass is 35.5. The fraction of sp³-hybridized carbons (Fsp3) is 0. The second kappa shape index (κ2) is 5.66. The number of nitrogens with one attached hydrogen (secondary N) is 1. The summed E-state index contributed by atoms with van der Waals surface area (Å²) in [6, 6.07) is 7.84. The third-order valence-corrected chi connectivity index (χ3v) is 4.20. The highest BCUT2D eigenvalue weighted by Crippen LogP contribution is 2.28. The molecule has 0 radical (unpaired) electrons. The summed E-state index contributed by atoms with van der Waals surface area (Å²) < 4.78 is 39.3. The van der Waals surface area contributed by atoms with Crippen LogP contribution in [0.15, 0.2) is 47.4 Å². The van der Waals surface area contributed by atoms with Crippen LogP contribution in [0.4, 0.5) is 15.8 Å². The van der Waals surface area contributed by atoms with Crippen molar-refractivity contribution in [1.29, 1.82) is 0 Å². The van der Waals surface area contributed by atoms with Gasteiger partial charge in [0.2, 0.25) is 0 Å². The van der Waals surface area contributed by atoms with Crippen molar-refractivity contribution in [2.45, 2.75) is 4.90 Å². The number of rotatable bonds is 4. The molecule has 2 aromatic carbocycles. The van der Waals surface area contributed by atoms with Gasteiger partial charge in [0.05, 0.1) is 15.5 Å². The number of hydrogen-bond acceptors (Lipinski definition) is 4. The van der Waals surface area contributed by atoms with Crippen LogP contribution in [0.25, 0.3) is 0 Å². The molecule has 21 heavy (non-hydrogen) atoms. The predicted molar refractivity (Wildman–Crippen MR) is 75.3 cm³/mol. The van der Waals surface area contributed by atoms with E-state index in [2.05, 4.69) is 4.72 Å². The van der Waals surface area contributed by atoms with Gasteiger partial charge >= 0.3 is 0 Å². The average Bonchev–Trinajstić information content (AvgIpc) is 2.40. The first-order valence-electron chi connectivity index (χ1n) is 5.52. The van der Waals surface area contributed by atoms with Gasteiger partial charge in [-0.2, -0.15) is 0 Å². The Bertz CT molecular complexity index is 811. The Labute approximate surface area is 124 Å². The molecule has 0 aliphatic carbocycles. The van der Waals surface area contributed by atoms with E-state index in [1.165, 1.54) is 24.3 Å². The van der Waals surface area contributed by atoms with Gasteiger partial charge < -0.3 is 0 Å². The monoisotopic (exact) mass is 330 g/mol. The average molecular weight is 331 g/mol. The van der Waals surface area contributed by atoms with E-state index in [9.17, 15) is 22.9 Å². The maximum atomic E-state index is 13.1. The van der Waals surface area contributed by atoms with Crippen LogP contribution in [0.3, 0.4) is 0 Å². The Morgan fingerprint density at radius 3 is 2.52 bits per heavy atom. The molecule has 1 N–H and O–H groups in total. The van der Waals surface area contributed by atoms with Crippen molar-refractivity contribution in [3.05, 3.63) is 63.4 Å². The first kappa shape index (κ1) is 15.2. The number of halogens is 2. The Balaban J connectivity index is 2.37. The summed E-state index contributed by atoms with van der Waals surface area (Å²) in [6.45, 7) is 0. The van der Waals surface area contributed by atoms with Gasteiger partial charge in [0, 0.05) is 6.07 Å². The predicted octanol–water partition coefficient (Wildman–Crippen LogP) is 3.19. The maximum absolute atomic E-state index is 13.1. The zero-order valence-corrected chi connectivity index (χ0v) is 11.9. The van der Waals surface area contributed by atoms with Crippen LogP contribution in [0.5, 0.6) is 0 Å². The summed E-state index contributed by atoms with van der Waals surface area (Å²) >= 11 is 5.63. The third-order valence-electron chi connectivity index (χ3n) is 2.50. The summed E-state index contributed by atoms with van der Waals surface area (Å²) in [5, 5.41) is 10.6. The van der Waals surface area contributed by atoms with E-state index in [4.69, 9.17) is 11.6 Å². The first-order chi connectivity index (χ1) is 9.79. The van der Waals surface area contributed by atoms with E-state index < -0.39 is 26.5 Å². The van der Waals surface area contributed by atoms with E-state index in [-0.39, 0.29) is 15.6 Å². The van der Waals surface area contributed by atoms with Crippen molar-refractivity contribution >= 4 is 33.0 Å². The molecule has 0 amide bonds. The van der Waals surface area contributed by atoms with E-state index >= 15 is 0 Å². The summed E-state index contributed by atoms with van der Waals surface area (Å²) in [7, 11) is -4.05. The quantitative estimate of drug-likeness (QED) is 0.688. The highest BCUT2D eigenvalue weighted by molar-refractivity contribution is 7.92. The molecule has 9 heteroatoms. The number of sulfonamides is 1. The molecule has 0 heterocycles. The third kappa shape index (κ3) is 3.47. The molecular weight excluding hydrogens is 323 g/mol. The minimum absolute atomic E-state index is 0.0460. The van der Waals surface area contributed by atoms with Crippen LogP contribution >= 0.6 is 11.6 Å². The molecule has 6 nitrogen and oxygen atoms in total. The van der Waals surface area contributed by atoms with Crippen molar-refractivity contribution in [1.82, 2.24) is 0 Å². The largest absolute Gasteiger partial charge is 0.289 e. The molecule has 0 atom stereocenters. The number of nitrogens with zero attached hydrogens (tertiary/aromatic N) is 1. The van der Waals surface area contributed by atoms with Crippen molar-refractivity contribution in [2.75, 3.05) is 4.72 Å². The lowest BCUT2D eigenvalue weighted by molar-refractivity contribution is -0.384. The molecule has 2 rings (SSSR count). The lowest BCUT2D eigenvalue weighted by Gasteiger charge is -2.08. The van der Waals surface area contributed by atoms with Gasteiger partial charge in [0.25, 0.3) is 15.7 Å². The van der Waals surface area contributed by atoms with E-state index in [0.717, 1.165) is 18.2 Å². The van der Waals surface area contributed by atoms with Gasteiger partial charge in [-0.15, -0.1) is 0 Å². The van der Waals surface area contributed by atoms with Crippen LogP contribution in [-0.2, 0) is 10.0 Å². The van der Waals surface area contributed by atoms with Gasteiger partial charge in [-0.05, 0) is 30.3 Å². The van der Waals surface area contributed by atoms with Gasteiger partial charge in [0.1, 0.15) is 10.8 Å². The molecule has 0 aliphatic heterocycles. The molecule has 0 spiro atoms. The minimum atomic E-state index is -4.05. The molecule has 110 valence electrons. The van der Waals surface area contributed by atoms with Crippen molar-refractivity contribution < 1.29 is 17.7 Å². The lowest BCUT2D eigenvalue weighted by atomic mass is 10.3. The second-order valence-corrected chi connectivity index (χ2v) is 6.08.